The highest BCUT2D eigenvalue weighted by Crippen LogP contribution is 2.21. The summed E-state index contributed by atoms with van der Waals surface area (Å²) in [5.74, 6) is 1.61. The highest BCUT2D eigenvalue weighted by atomic mass is 15.3. The third kappa shape index (κ3) is 2.65. The SMILES string of the molecule is Nc1nc2ccccc2n1-c1nccc(NCc2ccccc2)n1. The number of hydrogen-bond donors (Lipinski definition) is 2. The van der Waals surface area contributed by atoms with E-state index in [0.717, 1.165) is 16.9 Å². The van der Waals surface area contributed by atoms with Crippen LogP contribution in [0.4, 0.5) is 11.8 Å². The van der Waals surface area contributed by atoms with Gasteiger partial charge in [0.25, 0.3) is 0 Å². The largest absolute Gasteiger partial charge is 0.369 e. The predicted octanol–water partition coefficient (Wildman–Crippen LogP) is 3.01. The molecular formula is C18H16N6. The monoisotopic (exact) mass is 316 g/mol. The second kappa shape index (κ2) is 6.00. The number of hydrogen-bond acceptors (Lipinski definition) is 5. The second-order valence-electron chi connectivity index (χ2n) is 5.38. The van der Waals surface area contributed by atoms with Crippen LogP contribution in [0.3, 0.4) is 0 Å². The van der Waals surface area contributed by atoms with Crippen LogP contribution in [0.1, 0.15) is 5.56 Å². The molecule has 0 bridgehead atoms. The van der Waals surface area contributed by atoms with Crippen LogP contribution in [0.5, 0.6) is 0 Å². The number of rotatable bonds is 4. The van der Waals surface area contributed by atoms with E-state index >= 15 is 0 Å². The van der Waals surface area contributed by atoms with E-state index in [0.29, 0.717) is 18.4 Å². The van der Waals surface area contributed by atoms with E-state index in [1.807, 2.05) is 48.5 Å². The molecule has 0 aliphatic rings. The van der Waals surface area contributed by atoms with Crippen molar-refractivity contribution in [3.8, 4) is 5.95 Å². The van der Waals surface area contributed by atoms with Gasteiger partial charge in [-0.1, -0.05) is 42.5 Å². The molecule has 2 heterocycles. The van der Waals surface area contributed by atoms with Crippen LogP contribution in [0.25, 0.3) is 17.0 Å². The molecule has 2 aromatic heterocycles. The number of nitrogen functional groups attached to an aromatic ring is 1. The summed E-state index contributed by atoms with van der Waals surface area (Å²) in [6, 6.07) is 19.7. The minimum Gasteiger partial charge on any atom is -0.369 e. The van der Waals surface area contributed by atoms with Crippen molar-refractivity contribution in [1.29, 1.82) is 0 Å². The summed E-state index contributed by atoms with van der Waals surface area (Å²) in [7, 11) is 0. The lowest BCUT2D eigenvalue weighted by Gasteiger charge is -2.08. The van der Waals surface area contributed by atoms with Crippen molar-refractivity contribution in [2.45, 2.75) is 6.54 Å². The van der Waals surface area contributed by atoms with Gasteiger partial charge in [0.15, 0.2) is 0 Å². The maximum absolute atomic E-state index is 6.05. The van der Waals surface area contributed by atoms with Gasteiger partial charge in [0.1, 0.15) is 5.82 Å². The van der Waals surface area contributed by atoms with Crippen molar-refractivity contribution < 1.29 is 0 Å². The van der Waals surface area contributed by atoms with Gasteiger partial charge >= 0.3 is 0 Å². The van der Waals surface area contributed by atoms with Gasteiger partial charge in [0.05, 0.1) is 11.0 Å². The second-order valence-corrected chi connectivity index (χ2v) is 5.38. The maximum atomic E-state index is 6.05. The average Bonchev–Trinajstić information content (AvgIpc) is 2.97. The van der Waals surface area contributed by atoms with Gasteiger partial charge in [-0.2, -0.15) is 4.98 Å². The number of nitrogens with two attached hydrogens (primary N) is 1. The Kier molecular flexibility index (Phi) is 3.55. The summed E-state index contributed by atoms with van der Waals surface area (Å²) < 4.78 is 1.75. The van der Waals surface area contributed by atoms with Crippen molar-refractivity contribution in [1.82, 2.24) is 19.5 Å². The number of nitrogens with zero attached hydrogens (tertiary/aromatic N) is 4. The van der Waals surface area contributed by atoms with Crippen molar-refractivity contribution in [2.24, 2.45) is 0 Å². The van der Waals surface area contributed by atoms with E-state index in [1.165, 1.54) is 5.56 Å². The van der Waals surface area contributed by atoms with Crippen molar-refractivity contribution in [3.63, 3.8) is 0 Å². The molecule has 0 radical (unpaired) electrons. The first-order chi connectivity index (χ1) is 11.8. The minimum atomic E-state index is 0.372. The first kappa shape index (κ1) is 14.2. The summed E-state index contributed by atoms with van der Waals surface area (Å²) in [5, 5.41) is 3.31. The average molecular weight is 316 g/mol. The quantitative estimate of drug-likeness (QED) is 0.605. The van der Waals surface area contributed by atoms with E-state index < -0.39 is 0 Å². The number of imidazole rings is 1. The molecule has 3 N–H and O–H groups in total. The van der Waals surface area contributed by atoms with Crippen molar-refractivity contribution in [2.75, 3.05) is 11.1 Å². The Morgan fingerprint density at radius 2 is 1.71 bits per heavy atom. The predicted molar refractivity (Wildman–Crippen MR) is 94.8 cm³/mol. The van der Waals surface area contributed by atoms with E-state index in [9.17, 15) is 0 Å². The van der Waals surface area contributed by atoms with Crippen molar-refractivity contribution >= 4 is 22.8 Å². The lowest BCUT2D eigenvalue weighted by atomic mass is 10.2. The molecule has 24 heavy (non-hydrogen) atoms. The lowest BCUT2D eigenvalue weighted by Crippen LogP contribution is -2.08. The highest BCUT2D eigenvalue weighted by Gasteiger charge is 2.12. The summed E-state index contributed by atoms with van der Waals surface area (Å²) in [5.41, 5.74) is 8.94. The van der Waals surface area contributed by atoms with Gasteiger partial charge in [0, 0.05) is 12.7 Å². The van der Waals surface area contributed by atoms with Crippen LogP contribution >= 0.6 is 0 Å². The van der Waals surface area contributed by atoms with Gasteiger partial charge in [-0.3, -0.25) is 0 Å². The molecule has 4 rings (SSSR count). The molecule has 2 aromatic carbocycles. The fraction of sp³-hybridized carbons (Fsp3) is 0.0556. The van der Waals surface area contributed by atoms with Crippen LogP contribution in [-0.2, 0) is 6.54 Å². The number of aromatic nitrogens is 4. The van der Waals surface area contributed by atoms with Crippen LogP contribution < -0.4 is 11.1 Å². The molecule has 0 fully saturated rings. The number of benzene rings is 2. The van der Waals surface area contributed by atoms with Crippen molar-refractivity contribution in [3.05, 3.63) is 72.4 Å². The molecule has 0 atom stereocenters. The Balaban J connectivity index is 1.66. The standard InChI is InChI=1S/C18H16N6/c19-17-22-14-8-4-5-9-15(14)24(17)18-20-11-10-16(23-18)21-12-13-6-2-1-3-7-13/h1-11H,12H2,(H2,19,22)(H,20,21,23). The van der Waals surface area contributed by atoms with E-state index in [2.05, 4.69) is 32.4 Å². The molecule has 0 aliphatic heterocycles. The molecule has 0 saturated carbocycles. The fourth-order valence-corrected chi connectivity index (χ4v) is 2.60. The van der Waals surface area contributed by atoms with Gasteiger partial charge in [-0.25, -0.2) is 14.5 Å². The molecule has 118 valence electrons. The number of anilines is 2. The summed E-state index contributed by atoms with van der Waals surface area (Å²) in [6.45, 7) is 0.692. The lowest BCUT2D eigenvalue weighted by molar-refractivity contribution is 0.952. The van der Waals surface area contributed by atoms with Gasteiger partial charge in [-0.05, 0) is 23.8 Å². The summed E-state index contributed by atoms with van der Waals surface area (Å²) in [4.78, 5) is 13.3. The van der Waals surface area contributed by atoms with Crippen LogP contribution in [0.2, 0.25) is 0 Å². The molecule has 0 amide bonds. The zero-order valence-electron chi connectivity index (χ0n) is 12.9. The zero-order chi connectivity index (χ0) is 16.4. The molecule has 4 aromatic rings. The Morgan fingerprint density at radius 3 is 2.58 bits per heavy atom. The van der Waals surface area contributed by atoms with Crippen LogP contribution in [0, 0.1) is 0 Å². The third-order valence-electron chi connectivity index (χ3n) is 3.75. The molecule has 0 spiro atoms. The summed E-state index contributed by atoms with van der Waals surface area (Å²) in [6.07, 6.45) is 1.71. The Bertz CT molecular complexity index is 977. The van der Waals surface area contributed by atoms with Gasteiger partial charge in [-0.15, -0.1) is 0 Å². The van der Waals surface area contributed by atoms with Crippen LogP contribution in [0.15, 0.2) is 66.9 Å². The molecule has 6 heteroatoms. The Morgan fingerprint density at radius 1 is 0.917 bits per heavy atom. The fourth-order valence-electron chi connectivity index (χ4n) is 2.60. The number of fused-ring (bicyclic) bond motifs is 1. The molecule has 0 saturated heterocycles. The Hall–Kier alpha value is -3.41. The third-order valence-corrected chi connectivity index (χ3v) is 3.75. The van der Waals surface area contributed by atoms with E-state index in [-0.39, 0.29) is 0 Å². The minimum absolute atomic E-state index is 0.372. The molecule has 6 nitrogen and oxygen atoms in total. The highest BCUT2D eigenvalue weighted by molar-refractivity contribution is 5.80. The zero-order valence-corrected chi connectivity index (χ0v) is 12.9. The maximum Gasteiger partial charge on any atom is 0.238 e. The van der Waals surface area contributed by atoms with Gasteiger partial charge < -0.3 is 11.1 Å². The van der Waals surface area contributed by atoms with Gasteiger partial charge in [0.2, 0.25) is 11.9 Å². The summed E-state index contributed by atoms with van der Waals surface area (Å²) >= 11 is 0. The van der Waals surface area contributed by atoms with E-state index in [4.69, 9.17) is 5.73 Å². The smallest absolute Gasteiger partial charge is 0.238 e. The Labute approximate surface area is 139 Å². The number of para-hydroxylation sites is 2. The molecule has 0 unspecified atom stereocenters. The first-order valence-corrected chi connectivity index (χ1v) is 7.65. The normalized spacial score (nSPS) is 10.8. The van der Waals surface area contributed by atoms with E-state index in [1.54, 1.807) is 10.8 Å². The molecular weight excluding hydrogens is 300 g/mol. The number of nitrogens with one attached hydrogen (secondary N) is 1. The topological polar surface area (TPSA) is 81.6 Å². The first-order valence-electron chi connectivity index (χ1n) is 7.65. The molecule has 0 aliphatic carbocycles. The van der Waals surface area contributed by atoms with Crippen LogP contribution in [-0.4, -0.2) is 19.5 Å².